The average Bonchev–Trinajstić information content (AvgIpc) is 2.27. The molecule has 1 aromatic rings. The Bertz CT molecular complexity index is 431. The minimum atomic E-state index is -0.810. The smallest absolute Gasteiger partial charge is 0.237 e. The van der Waals surface area contributed by atoms with E-state index in [1.54, 1.807) is 6.92 Å². The molecule has 1 aromatic heterocycles. The summed E-state index contributed by atoms with van der Waals surface area (Å²) in [6, 6.07) is 0. The SMILES string of the molecule is CC(C)C(C)(NCc1c(Cl)cncc1Cl)C(N)=O. The molecular weight excluding hydrogens is 273 g/mol. The number of halogens is 2. The topological polar surface area (TPSA) is 68.0 Å². The van der Waals surface area contributed by atoms with Crippen LogP contribution in [0.3, 0.4) is 0 Å². The summed E-state index contributed by atoms with van der Waals surface area (Å²) in [5.41, 5.74) is 5.33. The van der Waals surface area contributed by atoms with Crippen LogP contribution in [0.25, 0.3) is 0 Å². The van der Waals surface area contributed by atoms with Crippen LogP contribution < -0.4 is 11.1 Å². The molecule has 0 spiro atoms. The maximum atomic E-state index is 11.5. The van der Waals surface area contributed by atoms with Crippen molar-refractivity contribution in [2.45, 2.75) is 32.9 Å². The lowest BCUT2D eigenvalue weighted by molar-refractivity contribution is -0.125. The Hall–Kier alpha value is -0.840. The third-order valence-electron chi connectivity index (χ3n) is 3.25. The number of aromatic nitrogens is 1. The lowest BCUT2D eigenvalue weighted by Gasteiger charge is -2.31. The van der Waals surface area contributed by atoms with Crippen LogP contribution in [0.2, 0.25) is 10.0 Å². The van der Waals surface area contributed by atoms with Gasteiger partial charge in [-0.25, -0.2) is 0 Å². The van der Waals surface area contributed by atoms with Crippen molar-refractivity contribution in [3.63, 3.8) is 0 Å². The normalized spacial score (nSPS) is 14.6. The Morgan fingerprint density at radius 3 is 2.33 bits per heavy atom. The van der Waals surface area contributed by atoms with Gasteiger partial charge in [-0.15, -0.1) is 0 Å². The molecule has 1 heterocycles. The van der Waals surface area contributed by atoms with E-state index in [1.807, 2.05) is 13.8 Å². The maximum absolute atomic E-state index is 11.5. The van der Waals surface area contributed by atoms with Gasteiger partial charge >= 0.3 is 0 Å². The van der Waals surface area contributed by atoms with Gasteiger partial charge < -0.3 is 5.73 Å². The second kappa shape index (κ2) is 5.87. The summed E-state index contributed by atoms with van der Waals surface area (Å²) >= 11 is 12.0. The second-order valence-electron chi connectivity index (χ2n) is 4.66. The number of carbonyl (C=O) groups is 1. The molecule has 3 N–H and O–H groups in total. The van der Waals surface area contributed by atoms with Crippen LogP contribution in [0.4, 0.5) is 0 Å². The Labute approximate surface area is 117 Å². The molecule has 0 aromatic carbocycles. The molecule has 1 atom stereocenters. The van der Waals surface area contributed by atoms with Crippen LogP contribution in [0.15, 0.2) is 12.4 Å². The lowest BCUT2D eigenvalue weighted by atomic mass is 9.87. The molecule has 0 saturated carbocycles. The number of nitrogens with zero attached hydrogens (tertiary/aromatic N) is 1. The fourth-order valence-corrected chi connectivity index (χ4v) is 1.95. The molecule has 0 bridgehead atoms. The van der Waals surface area contributed by atoms with Crippen LogP contribution in [-0.2, 0) is 11.3 Å². The van der Waals surface area contributed by atoms with Gasteiger partial charge in [-0.3, -0.25) is 15.1 Å². The summed E-state index contributed by atoms with van der Waals surface area (Å²) in [5.74, 6) is -0.354. The minimum Gasteiger partial charge on any atom is -0.368 e. The molecule has 4 nitrogen and oxygen atoms in total. The molecule has 0 aliphatic heterocycles. The second-order valence-corrected chi connectivity index (χ2v) is 5.47. The van der Waals surface area contributed by atoms with Crippen molar-refractivity contribution in [1.82, 2.24) is 10.3 Å². The molecule has 100 valence electrons. The van der Waals surface area contributed by atoms with Gasteiger partial charge in [-0.1, -0.05) is 37.0 Å². The molecule has 0 radical (unpaired) electrons. The van der Waals surface area contributed by atoms with Crippen molar-refractivity contribution >= 4 is 29.1 Å². The molecule has 0 fully saturated rings. The molecule has 0 aliphatic rings. The Morgan fingerprint density at radius 2 is 1.94 bits per heavy atom. The molecule has 1 unspecified atom stereocenters. The van der Waals surface area contributed by atoms with Gasteiger partial charge in [-0.2, -0.15) is 0 Å². The largest absolute Gasteiger partial charge is 0.368 e. The van der Waals surface area contributed by atoms with Gasteiger partial charge in [0.15, 0.2) is 0 Å². The number of carbonyl (C=O) groups excluding carboxylic acids is 1. The third kappa shape index (κ3) is 3.13. The van der Waals surface area contributed by atoms with Crippen LogP contribution in [0.5, 0.6) is 0 Å². The number of primary amides is 1. The summed E-state index contributed by atoms with van der Waals surface area (Å²) in [7, 11) is 0. The van der Waals surface area contributed by atoms with E-state index in [0.29, 0.717) is 22.2 Å². The van der Waals surface area contributed by atoms with Crippen molar-refractivity contribution in [3.05, 3.63) is 28.0 Å². The highest BCUT2D eigenvalue weighted by Crippen LogP contribution is 2.24. The van der Waals surface area contributed by atoms with E-state index in [-0.39, 0.29) is 5.92 Å². The predicted octanol–water partition coefficient (Wildman–Crippen LogP) is 2.38. The monoisotopic (exact) mass is 289 g/mol. The van der Waals surface area contributed by atoms with E-state index in [0.717, 1.165) is 0 Å². The first-order valence-electron chi connectivity index (χ1n) is 5.61. The van der Waals surface area contributed by atoms with Gasteiger partial charge in [0.05, 0.1) is 15.6 Å². The number of amides is 1. The Kier molecular flexibility index (Phi) is 4.96. The molecule has 6 heteroatoms. The van der Waals surface area contributed by atoms with Gasteiger partial charge in [0.25, 0.3) is 0 Å². The summed E-state index contributed by atoms with van der Waals surface area (Å²) in [4.78, 5) is 15.4. The number of hydrogen-bond acceptors (Lipinski definition) is 3. The molecule has 1 amide bonds. The highest BCUT2D eigenvalue weighted by molar-refractivity contribution is 6.35. The molecule has 0 saturated heterocycles. The van der Waals surface area contributed by atoms with E-state index in [4.69, 9.17) is 28.9 Å². The van der Waals surface area contributed by atoms with Crippen LogP contribution in [-0.4, -0.2) is 16.4 Å². The van der Waals surface area contributed by atoms with Crippen molar-refractivity contribution in [2.24, 2.45) is 11.7 Å². The van der Waals surface area contributed by atoms with E-state index in [2.05, 4.69) is 10.3 Å². The first kappa shape index (κ1) is 15.2. The molecule has 1 rings (SSSR count). The quantitative estimate of drug-likeness (QED) is 0.874. The summed E-state index contributed by atoms with van der Waals surface area (Å²) < 4.78 is 0. The first-order chi connectivity index (χ1) is 8.29. The van der Waals surface area contributed by atoms with Gasteiger partial charge in [-0.05, 0) is 12.8 Å². The Balaban J connectivity index is 2.90. The van der Waals surface area contributed by atoms with Gasteiger partial charge in [0, 0.05) is 24.5 Å². The van der Waals surface area contributed by atoms with Gasteiger partial charge in [0.1, 0.15) is 0 Å². The Morgan fingerprint density at radius 1 is 1.44 bits per heavy atom. The van der Waals surface area contributed by atoms with E-state index in [1.165, 1.54) is 12.4 Å². The lowest BCUT2D eigenvalue weighted by Crippen LogP contribution is -2.56. The number of pyridine rings is 1. The highest BCUT2D eigenvalue weighted by atomic mass is 35.5. The fraction of sp³-hybridized carbons (Fsp3) is 0.500. The number of nitrogens with one attached hydrogen (secondary N) is 1. The standard InChI is InChI=1S/C12H17Cl2N3O/c1-7(2)12(3,11(15)18)17-4-8-9(13)5-16-6-10(8)14/h5-7,17H,4H2,1-3H3,(H2,15,18). The van der Waals surface area contributed by atoms with E-state index >= 15 is 0 Å². The summed E-state index contributed by atoms with van der Waals surface area (Å²) in [6.07, 6.45) is 3.03. The fourth-order valence-electron chi connectivity index (χ4n) is 1.45. The third-order valence-corrected chi connectivity index (χ3v) is 3.90. The van der Waals surface area contributed by atoms with Crippen molar-refractivity contribution in [2.75, 3.05) is 0 Å². The van der Waals surface area contributed by atoms with Crippen LogP contribution in [0.1, 0.15) is 26.3 Å². The number of hydrogen-bond donors (Lipinski definition) is 2. The minimum absolute atomic E-state index is 0.0504. The van der Waals surface area contributed by atoms with E-state index < -0.39 is 11.4 Å². The molecular formula is C12H17Cl2N3O. The van der Waals surface area contributed by atoms with Crippen molar-refractivity contribution in [1.29, 1.82) is 0 Å². The van der Waals surface area contributed by atoms with Crippen LogP contribution >= 0.6 is 23.2 Å². The van der Waals surface area contributed by atoms with Crippen molar-refractivity contribution < 1.29 is 4.79 Å². The van der Waals surface area contributed by atoms with Crippen molar-refractivity contribution in [3.8, 4) is 0 Å². The first-order valence-corrected chi connectivity index (χ1v) is 6.37. The van der Waals surface area contributed by atoms with Gasteiger partial charge in [0.2, 0.25) is 5.91 Å². The maximum Gasteiger partial charge on any atom is 0.237 e. The summed E-state index contributed by atoms with van der Waals surface area (Å²) in [6.45, 7) is 5.97. The highest BCUT2D eigenvalue weighted by Gasteiger charge is 2.34. The number of rotatable bonds is 5. The summed E-state index contributed by atoms with van der Waals surface area (Å²) in [5, 5.41) is 4.05. The van der Waals surface area contributed by atoms with E-state index in [9.17, 15) is 4.79 Å². The molecule has 0 aliphatic carbocycles. The molecule has 18 heavy (non-hydrogen) atoms. The zero-order valence-electron chi connectivity index (χ0n) is 10.6. The average molecular weight is 290 g/mol. The predicted molar refractivity (Wildman–Crippen MR) is 73.5 cm³/mol. The van der Waals surface area contributed by atoms with Crippen LogP contribution in [0, 0.1) is 5.92 Å². The number of nitrogens with two attached hydrogens (primary N) is 1. The zero-order chi connectivity index (χ0) is 13.9. The zero-order valence-corrected chi connectivity index (χ0v) is 12.1.